The average Bonchev–Trinajstić information content (AvgIpc) is 3.07. The number of aromatic nitrogens is 3. The minimum absolute atomic E-state index is 0.00985. The minimum atomic E-state index is -2.67. The Hall–Kier alpha value is -5.76. The molecule has 15 atom stereocenters. The maximum absolute atomic E-state index is 14.8. The Morgan fingerprint density at radius 3 is 2.38 bits per heavy atom. The van der Waals surface area contributed by atoms with Crippen LogP contribution in [0.5, 0.6) is 0 Å². The van der Waals surface area contributed by atoms with E-state index in [0.29, 0.717) is 121 Å². The van der Waals surface area contributed by atoms with E-state index in [-0.39, 0.29) is 61.7 Å². The minimum Gasteiger partial charge on any atom is -0.456 e. The highest BCUT2D eigenvalue weighted by Crippen LogP contribution is 2.45. The van der Waals surface area contributed by atoms with Crippen LogP contribution in [0.25, 0.3) is 0 Å². The van der Waals surface area contributed by atoms with Crippen LogP contribution in [0.4, 0.5) is 22.5 Å². The van der Waals surface area contributed by atoms with Crippen molar-refractivity contribution < 1.29 is 68.1 Å². The monoisotopic (exact) mass is 1240 g/mol. The Balaban J connectivity index is 0.900. The molecule has 9 rings (SSSR count). The van der Waals surface area contributed by atoms with E-state index in [1.54, 1.807) is 32.9 Å². The first-order valence-corrected chi connectivity index (χ1v) is 31.8. The topological polar surface area (TPSA) is 293 Å². The van der Waals surface area contributed by atoms with Crippen LogP contribution in [0.1, 0.15) is 126 Å². The number of thiazole rings is 1. The summed E-state index contributed by atoms with van der Waals surface area (Å²) in [5.41, 5.74) is 2.83. The van der Waals surface area contributed by atoms with Crippen LogP contribution >= 0.6 is 22.9 Å². The number of ketones is 2. The van der Waals surface area contributed by atoms with Gasteiger partial charge in [0.25, 0.3) is 17.6 Å². The third-order valence-electron chi connectivity index (χ3n) is 18.6. The largest absolute Gasteiger partial charge is 0.456 e. The van der Waals surface area contributed by atoms with Crippen LogP contribution in [-0.2, 0) is 42.9 Å². The van der Waals surface area contributed by atoms with Gasteiger partial charge in [-0.05, 0) is 114 Å². The highest BCUT2D eigenvalue weighted by molar-refractivity contribution is 7.17. The van der Waals surface area contributed by atoms with Crippen LogP contribution in [0.3, 0.4) is 0 Å². The number of Topliss-reactive ketones (excluding diaryl/α,β-unsaturated/α-hetero) is 2. The van der Waals surface area contributed by atoms with Crippen molar-refractivity contribution in [2.24, 2.45) is 35.5 Å². The number of halogens is 1. The normalized spacial score (nSPS) is 33.4. The van der Waals surface area contributed by atoms with E-state index in [1.165, 1.54) is 25.3 Å². The van der Waals surface area contributed by atoms with E-state index in [9.17, 15) is 49.2 Å². The quantitative estimate of drug-likeness (QED) is 0.0628. The van der Waals surface area contributed by atoms with Gasteiger partial charge in [0, 0.05) is 89.5 Å². The number of aryl methyl sites for hydroxylation is 2. The molecule has 1 saturated carbocycles. The number of nitrogens with zero attached hydrogens (tertiary/aromatic N) is 6. The predicted octanol–water partition coefficient (Wildman–Crippen LogP) is 6.66. The number of carbonyl (C=O) groups is 6. The summed E-state index contributed by atoms with van der Waals surface area (Å²) in [6, 6.07) is 5.93. The van der Waals surface area contributed by atoms with Gasteiger partial charge in [0.15, 0.2) is 5.13 Å². The van der Waals surface area contributed by atoms with Gasteiger partial charge in [0.1, 0.15) is 46.4 Å². The van der Waals surface area contributed by atoms with Gasteiger partial charge < -0.3 is 64.7 Å². The second kappa shape index (κ2) is 28.4. The number of piperidine rings is 1. The third kappa shape index (κ3) is 15.0. The summed E-state index contributed by atoms with van der Waals surface area (Å²) < 4.78 is 23.9. The fourth-order valence-electron chi connectivity index (χ4n) is 13.7. The lowest BCUT2D eigenvalue weighted by atomic mass is 9.72. The zero-order chi connectivity index (χ0) is 62.6. The van der Waals surface area contributed by atoms with Gasteiger partial charge >= 0.3 is 5.97 Å². The van der Waals surface area contributed by atoms with Gasteiger partial charge in [0.2, 0.25) is 11.7 Å². The molecule has 2 aromatic heterocycles. The number of aliphatic hydroxyl groups is 4. The summed E-state index contributed by atoms with van der Waals surface area (Å²) in [4.78, 5) is 105. The number of hydrogen-bond donors (Lipinski definition) is 6. The van der Waals surface area contributed by atoms with Gasteiger partial charge in [-0.1, -0.05) is 73.6 Å². The maximum Gasteiger partial charge on any atom is 0.330 e. The van der Waals surface area contributed by atoms with Crippen molar-refractivity contribution in [2.45, 2.75) is 173 Å². The van der Waals surface area contributed by atoms with Crippen molar-refractivity contribution in [3.63, 3.8) is 0 Å². The zero-order valence-corrected chi connectivity index (χ0v) is 52.6. The number of rotatable bonds is 12. The van der Waals surface area contributed by atoms with E-state index in [4.69, 9.17) is 35.5 Å². The van der Waals surface area contributed by atoms with Crippen molar-refractivity contribution in [3.05, 3.63) is 75.0 Å². The lowest BCUT2D eigenvalue weighted by Crippen LogP contribution is -2.66. The van der Waals surface area contributed by atoms with Gasteiger partial charge in [-0.25, -0.2) is 19.7 Å². The number of hydrogen-bond acceptors (Lipinski definition) is 20. The molecule has 3 amide bonds. The number of methoxy groups -OCH3 is 2. The molecule has 7 heterocycles. The van der Waals surface area contributed by atoms with Crippen LogP contribution in [0.15, 0.2) is 53.8 Å². The lowest BCUT2D eigenvalue weighted by molar-refractivity contribution is -0.301. The molecule has 474 valence electrons. The number of anilines is 4. The van der Waals surface area contributed by atoms with Crippen molar-refractivity contribution in [1.29, 1.82) is 0 Å². The number of nitrogens with one attached hydrogen (secondary N) is 2. The van der Waals surface area contributed by atoms with Crippen LogP contribution in [0.2, 0.25) is 5.02 Å². The van der Waals surface area contributed by atoms with E-state index in [0.717, 1.165) is 22.5 Å². The molecule has 5 aliphatic heterocycles. The van der Waals surface area contributed by atoms with Gasteiger partial charge in [-0.15, -0.1) is 0 Å². The number of amides is 3. The summed E-state index contributed by atoms with van der Waals surface area (Å²) in [5.74, 6) is -8.36. The summed E-state index contributed by atoms with van der Waals surface area (Å²) in [6.07, 6.45) is 2.13. The summed E-state index contributed by atoms with van der Waals surface area (Å²) in [6.45, 7) is 12.6. The molecule has 1 aromatic carbocycles. The van der Waals surface area contributed by atoms with Crippen LogP contribution in [-0.4, -0.2) is 182 Å². The maximum atomic E-state index is 14.8. The van der Waals surface area contributed by atoms with Crippen molar-refractivity contribution in [1.82, 2.24) is 24.8 Å². The average molecular weight is 1250 g/mol. The standard InChI is InChI=1S/C63H85ClN8O14S/c1-33-24-34(2)26-47(76)57-49(84-8)27-36(4)63(82,86-57)58(78)60(80)72-19-11-14-41-42(28-39-17-18-44(73)48(29-39)83-7)56(85-61(81)55(41)72)37(5)45(74)30-46(75)40(25-33)13-10-16-53(77)71-22-20-70(21-23-71)52-31-51(66-38(6)67-52)68-62-65-32-50(87-62)59(79)69-54-35(3)12-9-15-43(54)64/h9,12,15,25,28,31-32,34,36-37,39-41,44-45,47-49,55-57,73-74,76,82H,10-11,13-14,16-24,26-27,29-30H2,1-8H3,(H,69,79)(H,65,66,67,68)/b33-25+,42-28+/t34-,36+,37+,39-,40+,41?,44+,45-,47-,48+,49-,55-,56-,57+,63+/m0/s1. The summed E-state index contributed by atoms with van der Waals surface area (Å²) in [7, 11) is 2.99. The molecule has 6 N–H and O–H groups in total. The second-order valence-corrected chi connectivity index (χ2v) is 26.4. The number of benzene rings is 1. The number of para-hydroxylation sites is 1. The molecule has 0 spiro atoms. The van der Waals surface area contributed by atoms with Gasteiger partial charge in [-0.2, -0.15) is 0 Å². The Labute approximate surface area is 517 Å². The number of allylic oxidation sites excluding steroid dienone is 3. The van der Waals surface area contributed by atoms with E-state index >= 15 is 0 Å². The number of esters is 1. The van der Waals surface area contributed by atoms with Gasteiger partial charge in [0.05, 0.1) is 47.4 Å². The predicted molar refractivity (Wildman–Crippen MR) is 325 cm³/mol. The number of carbonyl (C=O) groups excluding carboxylic acids is 6. The SMILES string of the molecule is CO[C@H]1C[C@@H](C)[C@@]2(O)O[C@@H]1[C@@H](O)C[C@@H](C)C/C(C)=C/[C@@H](CCCC(=O)N1CCN(c3cc(Nc4ncc(C(=O)Nc5c(C)cccc5Cl)s4)nc(C)n3)CC1)C(=O)C[C@H](O)[C@@H](C)[C@@H]1OC(=O)[C@@H]3C(CCCN3C(=O)C2=O)/C1=C\[C@@H]1CC[C@@H](O)[C@H](OC)C1. The first-order chi connectivity index (χ1) is 41.5. The first-order valence-electron chi connectivity index (χ1n) is 30.6. The summed E-state index contributed by atoms with van der Waals surface area (Å²) in [5, 5.41) is 54.0. The van der Waals surface area contributed by atoms with Gasteiger partial charge in [-0.3, -0.25) is 24.0 Å². The molecule has 24 heteroatoms. The molecule has 0 radical (unpaired) electrons. The fourth-order valence-corrected chi connectivity index (χ4v) is 14.7. The molecule has 6 aliphatic rings. The highest BCUT2D eigenvalue weighted by atomic mass is 35.5. The Kier molecular flexibility index (Phi) is 21.4. The van der Waals surface area contributed by atoms with Crippen LogP contribution in [0, 0.1) is 49.4 Å². The lowest BCUT2D eigenvalue weighted by Gasteiger charge is -2.49. The molecule has 4 saturated heterocycles. The third-order valence-corrected chi connectivity index (χ3v) is 19.8. The molecule has 4 bridgehead atoms. The second-order valence-electron chi connectivity index (χ2n) is 24.9. The van der Waals surface area contributed by atoms with E-state index in [2.05, 4.69) is 25.5 Å². The summed E-state index contributed by atoms with van der Waals surface area (Å²) >= 11 is 7.51. The van der Waals surface area contributed by atoms with Crippen LogP contribution < -0.4 is 15.5 Å². The Morgan fingerprint density at radius 2 is 1.66 bits per heavy atom. The molecular weight excluding hydrogens is 1160 g/mol. The van der Waals surface area contributed by atoms with E-state index in [1.807, 2.05) is 50.0 Å². The van der Waals surface area contributed by atoms with E-state index < -0.39 is 95.9 Å². The highest BCUT2D eigenvalue weighted by Gasteiger charge is 2.58. The number of aliphatic hydroxyl groups excluding tert-OH is 3. The molecule has 1 aliphatic carbocycles. The number of fused-ring (bicyclic) bond motifs is 4. The van der Waals surface area contributed by atoms with Crippen molar-refractivity contribution >= 4 is 80.6 Å². The van der Waals surface area contributed by atoms with Crippen molar-refractivity contribution in [3.8, 4) is 0 Å². The molecule has 5 fully saturated rings. The Bertz CT molecular complexity index is 3060. The number of piperazine rings is 1. The first kappa shape index (κ1) is 65.7. The Morgan fingerprint density at radius 1 is 0.908 bits per heavy atom. The molecular formula is C63H85ClN8O14S. The number of ether oxygens (including phenoxy) is 4. The fraction of sp³-hybridized carbons (Fsp3) is 0.635. The smallest absolute Gasteiger partial charge is 0.330 e. The zero-order valence-electron chi connectivity index (χ0n) is 51.0. The van der Waals surface area contributed by atoms with Crippen molar-refractivity contribution in [2.75, 3.05) is 62.5 Å². The molecule has 1 unspecified atom stereocenters. The molecule has 3 aromatic rings. The molecule has 87 heavy (non-hydrogen) atoms. The molecule has 22 nitrogen and oxygen atoms in total.